The van der Waals surface area contributed by atoms with Crippen molar-refractivity contribution in [3.63, 3.8) is 0 Å². The van der Waals surface area contributed by atoms with E-state index >= 15 is 0 Å². The van der Waals surface area contributed by atoms with Crippen LogP contribution in [0.3, 0.4) is 0 Å². The van der Waals surface area contributed by atoms with Crippen LogP contribution < -0.4 is 4.90 Å². The van der Waals surface area contributed by atoms with Gasteiger partial charge in [0.1, 0.15) is 0 Å². The molecule has 1 saturated heterocycles. The standard InChI is InChI=1S/C25H18INO2/c1-25-16-10-4-2-8-14(16)20(15-9-3-5-11-17(15)25)21-22(25)24(29)27(23(21)28)19-13-7-6-12-18(19)26/h2-13,20-22H,1H3/t20?,21-,22-,25?/m0/s1. The molecular formula is C25H18INO2. The number of carbonyl (C=O) groups excluding carboxylic acids is 2. The first-order valence-electron chi connectivity index (χ1n) is 9.86. The van der Waals surface area contributed by atoms with E-state index in [1.165, 1.54) is 27.2 Å². The van der Waals surface area contributed by atoms with Crippen molar-refractivity contribution in [2.45, 2.75) is 18.3 Å². The monoisotopic (exact) mass is 491 g/mol. The Kier molecular flexibility index (Phi) is 3.47. The molecule has 3 aromatic carbocycles. The molecular weight excluding hydrogens is 473 g/mol. The van der Waals surface area contributed by atoms with Gasteiger partial charge in [-0.1, -0.05) is 67.6 Å². The largest absolute Gasteiger partial charge is 0.274 e. The molecule has 2 atom stereocenters. The van der Waals surface area contributed by atoms with Crippen LogP contribution in [0.25, 0.3) is 0 Å². The van der Waals surface area contributed by atoms with Crippen LogP contribution in [-0.2, 0) is 15.0 Å². The number of rotatable bonds is 1. The summed E-state index contributed by atoms with van der Waals surface area (Å²) in [5, 5.41) is 0. The van der Waals surface area contributed by atoms with E-state index in [0.29, 0.717) is 5.69 Å². The minimum absolute atomic E-state index is 0.0654. The minimum atomic E-state index is -0.506. The molecule has 4 heteroatoms. The molecule has 3 nitrogen and oxygen atoms in total. The Morgan fingerprint density at radius 1 is 0.793 bits per heavy atom. The predicted octanol–water partition coefficient (Wildman–Crippen LogP) is 4.86. The van der Waals surface area contributed by atoms with Gasteiger partial charge in [0.15, 0.2) is 0 Å². The summed E-state index contributed by atoms with van der Waals surface area (Å²) in [6.45, 7) is 2.16. The zero-order valence-electron chi connectivity index (χ0n) is 15.8. The van der Waals surface area contributed by atoms with E-state index in [-0.39, 0.29) is 29.6 Å². The Morgan fingerprint density at radius 3 is 1.97 bits per heavy atom. The van der Waals surface area contributed by atoms with Crippen LogP contribution in [0.5, 0.6) is 0 Å². The third kappa shape index (κ3) is 1.98. The zero-order valence-corrected chi connectivity index (χ0v) is 18.0. The first-order chi connectivity index (χ1) is 14.0. The number of hydrogen-bond acceptors (Lipinski definition) is 2. The van der Waals surface area contributed by atoms with Gasteiger partial charge >= 0.3 is 0 Å². The van der Waals surface area contributed by atoms with Gasteiger partial charge in [-0.15, -0.1) is 0 Å². The fourth-order valence-corrected chi connectivity index (χ4v) is 6.65. The summed E-state index contributed by atoms with van der Waals surface area (Å²) >= 11 is 2.21. The average molecular weight is 491 g/mol. The van der Waals surface area contributed by atoms with E-state index < -0.39 is 5.41 Å². The third-order valence-corrected chi connectivity index (χ3v) is 8.05. The predicted molar refractivity (Wildman–Crippen MR) is 120 cm³/mol. The van der Waals surface area contributed by atoms with Crippen LogP contribution in [0.4, 0.5) is 5.69 Å². The smallest absolute Gasteiger partial charge is 0.238 e. The van der Waals surface area contributed by atoms with E-state index in [4.69, 9.17) is 0 Å². The molecule has 7 rings (SSSR count). The van der Waals surface area contributed by atoms with Crippen LogP contribution in [0, 0.1) is 15.4 Å². The van der Waals surface area contributed by atoms with Crippen molar-refractivity contribution in [2.24, 2.45) is 11.8 Å². The summed E-state index contributed by atoms with van der Waals surface area (Å²) in [4.78, 5) is 29.0. The number of hydrogen-bond donors (Lipinski definition) is 0. The molecule has 0 radical (unpaired) electrons. The second-order valence-corrected chi connectivity index (χ2v) is 9.48. The first kappa shape index (κ1) is 17.4. The number of amides is 2. The number of para-hydroxylation sites is 1. The minimum Gasteiger partial charge on any atom is -0.274 e. The second-order valence-electron chi connectivity index (χ2n) is 8.32. The van der Waals surface area contributed by atoms with Crippen LogP contribution in [-0.4, -0.2) is 11.8 Å². The normalized spacial score (nSPS) is 28.9. The molecule has 1 fully saturated rings. The van der Waals surface area contributed by atoms with E-state index in [1.54, 1.807) is 0 Å². The highest BCUT2D eigenvalue weighted by Gasteiger charge is 2.66. The summed E-state index contributed by atoms with van der Waals surface area (Å²) < 4.78 is 0.915. The van der Waals surface area contributed by atoms with E-state index in [1.807, 2.05) is 48.5 Å². The van der Waals surface area contributed by atoms with Crippen molar-refractivity contribution >= 4 is 40.1 Å². The van der Waals surface area contributed by atoms with Crippen molar-refractivity contribution in [3.05, 3.63) is 98.6 Å². The Hall–Kier alpha value is -2.47. The van der Waals surface area contributed by atoms with Gasteiger partial charge in [0, 0.05) is 14.9 Å². The molecule has 0 saturated carbocycles. The summed E-state index contributed by atoms with van der Waals surface area (Å²) in [6, 6.07) is 24.4. The number of halogens is 1. The molecule has 4 aliphatic rings. The van der Waals surface area contributed by atoms with Gasteiger partial charge in [-0.3, -0.25) is 9.59 Å². The molecule has 142 valence electrons. The van der Waals surface area contributed by atoms with Crippen molar-refractivity contribution in [3.8, 4) is 0 Å². The molecule has 0 unspecified atom stereocenters. The highest BCUT2D eigenvalue weighted by Crippen LogP contribution is 2.64. The third-order valence-electron chi connectivity index (χ3n) is 7.14. The summed E-state index contributed by atoms with van der Waals surface area (Å²) in [6.07, 6.45) is 0. The lowest BCUT2D eigenvalue weighted by Gasteiger charge is -2.52. The molecule has 1 aliphatic heterocycles. The molecule has 0 spiro atoms. The number of benzene rings is 3. The maximum Gasteiger partial charge on any atom is 0.238 e. The van der Waals surface area contributed by atoms with E-state index in [2.05, 4.69) is 53.8 Å². The molecule has 0 N–H and O–H groups in total. The zero-order chi connectivity index (χ0) is 19.9. The maximum absolute atomic E-state index is 13.8. The van der Waals surface area contributed by atoms with Gasteiger partial charge in [-0.2, -0.15) is 0 Å². The lowest BCUT2D eigenvalue weighted by molar-refractivity contribution is -0.123. The highest BCUT2D eigenvalue weighted by molar-refractivity contribution is 14.1. The first-order valence-corrected chi connectivity index (χ1v) is 10.9. The van der Waals surface area contributed by atoms with Gasteiger partial charge < -0.3 is 0 Å². The van der Waals surface area contributed by atoms with Crippen molar-refractivity contribution in [1.82, 2.24) is 0 Å². The maximum atomic E-state index is 13.8. The number of nitrogens with zero attached hydrogens (tertiary/aromatic N) is 1. The molecule has 3 aromatic rings. The van der Waals surface area contributed by atoms with Gasteiger partial charge in [-0.05, 0) is 57.0 Å². The summed E-state index contributed by atoms with van der Waals surface area (Å²) in [7, 11) is 0. The molecule has 29 heavy (non-hydrogen) atoms. The van der Waals surface area contributed by atoms with Crippen LogP contribution in [0.2, 0.25) is 0 Å². The van der Waals surface area contributed by atoms with E-state index in [0.717, 1.165) is 3.57 Å². The van der Waals surface area contributed by atoms with Gasteiger partial charge in [-0.25, -0.2) is 4.90 Å². The Bertz CT molecular complexity index is 1170. The Morgan fingerprint density at radius 2 is 1.34 bits per heavy atom. The molecule has 0 aromatic heterocycles. The van der Waals surface area contributed by atoms with Gasteiger partial charge in [0.25, 0.3) is 0 Å². The van der Waals surface area contributed by atoms with Gasteiger partial charge in [0.2, 0.25) is 11.8 Å². The van der Waals surface area contributed by atoms with Crippen LogP contribution >= 0.6 is 22.6 Å². The second kappa shape index (κ2) is 5.79. The van der Waals surface area contributed by atoms with Crippen LogP contribution in [0.15, 0.2) is 72.8 Å². The molecule has 3 aliphatic carbocycles. The SMILES string of the molecule is CC12c3ccccc3C(c3ccccc31)[C@@H]1C(=O)N(c3ccccc3I)C(=O)[C@H]12. The topological polar surface area (TPSA) is 37.4 Å². The van der Waals surface area contributed by atoms with Crippen molar-refractivity contribution < 1.29 is 9.59 Å². The fourth-order valence-electron chi connectivity index (χ4n) is 6.02. The quantitative estimate of drug-likeness (QED) is 0.360. The number of imide groups is 1. The fraction of sp³-hybridized carbons (Fsp3) is 0.200. The summed E-state index contributed by atoms with van der Waals surface area (Å²) in [5.41, 5.74) is 4.97. The Labute approximate surface area is 182 Å². The lowest BCUT2D eigenvalue weighted by Crippen LogP contribution is -2.51. The van der Waals surface area contributed by atoms with E-state index in [9.17, 15) is 9.59 Å². The molecule has 2 amide bonds. The van der Waals surface area contributed by atoms with Crippen LogP contribution in [0.1, 0.15) is 35.1 Å². The van der Waals surface area contributed by atoms with Crippen molar-refractivity contribution in [1.29, 1.82) is 0 Å². The molecule has 1 heterocycles. The van der Waals surface area contributed by atoms with Crippen molar-refractivity contribution in [2.75, 3.05) is 4.90 Å². The number of carbonyl (C=O) groups is 2. The van der Waals surface area contributed by atoms with Gasteiger partial charge in [0.05, 0.1) is 17.5 Å². The highest BCUT2D eigenvalue weighted by atomic mass is 127. The average Bonchev–Trinajstić information content (AvgIpc) is 3.01. The Balaban J connectivity index is 1.64. The molecule has 2 bridgehead atoms. The lowest BCUT2D eigenvalue weighted by atomic mass is 9.48. The number of anilines is 1. The summed E-state index contributed by atoms with van der Waals surface area (Å²) in [5.74, 6) is -0.934.